The molecule has 3 heteroatoms. The van der Waals surface area contributed by atoms with Crippen LogP contribution in [0.3, 0.4) is 0 Å². The molecule has 0 fully saturated rings. The van der Waals surface area contributed by atoms with Gasteiger partial charge in [-0.2, -0.15) is 5.26 Å². The van der Waals surface area contributed by atoms with Crippen molar-refractivity contribution in [1.29, 1.82) is 5.26 Å². The molecule has 0 unspecified atom stereocenters. The first kappa shape index (κ1) is 8.34. The molecule has 1 heterocycles. The second kappa shape index (κ2) is 3.24. The minimum atomic E-state index is 0.822. The van der Waals surface area contributed by atoms with E-state index in [1.165, 1.54) is 0 Å². The van der Waals surface area contributed by atoms with Gasteiger partial charge in [-0.1, -0.05) is 5.92 Å². The van der Waals surface area contributed by atoms with Gasteiger partial charge in [-0.3, -0.25) is 0 Å². The molecule has 2 aromatic rings. The molecule has 0 spiro atoms. The summed E-state index contributed by atoms with van der Waals surface area (Å²) in [6.45, 7) is 1.90. The van der Waals surface area contributed by atoms with Crippen molar-refractivity contribution in [2.75, 3.05) is 0 Å². The molecular weight excluding hydrogens is 174 g/mol. The fraction of sp³-hybridized carbons (Fsp3) is 0.0909. The molecule has 1 N–H and O–H groups in total. The van der Waals surface area contributed by atoms with Crippen molar-refractivity contribution in [1.82, 2.24) is 9.97 Å². The molecule has 14 heavy (non-hydrogen) atoms. The van der Waals surface area contributed by atoms with Crippen LogP contribution in [-0.4, -0.2) is 9.97 Å². The van der Waals surface area contributed by atoms with E-state index in [1.54, 1.807) is 6.07 Å². The number of imidazole rings is 1. The average Bonchev–Trinajstić information content (AvgIpc) is 2.54. The molecule has 0 saturated heterocycles. The van der Waals surface area contributed by atoms with Crippen LogP contribution < -0.4 is 0 Å². The Kier molecular flexibility index (Phi) is 1.93. The van der Waals surface area contributed by atoms with Gasteiger partial charge in [-0.25, -0.2) is 4.98 Å². The smallest absolute Gasteiger partial charge is 0.152 e. The first-order valence-electron chi connectivity index (χ1n) is 4.16. The molecule has 0 atom stereocenters. The Morgan fingerprint density at radius 3 is 3.07 bits per heavy atom. The van der Waals surface area contributed by atoms with E-state index in [4.69, 9.17) is 5.26 Å². The van der Waals surface area contributed by atoms with Gasteiger partial charge in [0.25, 0.3) is 0 Å². The third kappa shape index (κ3) is 1.44. The lowest BCUT2D eigenvalue weighted by Crippen LogP contribution is -1.74. The molecule has 0 aliphatic carbocycles. The summed E-state index contributed by atoms with van der Waals surface area (Å²) in [5.41, 5.74) is 2.69. The summed E-state index contributed by atoms with van der Waals surface area (Å²) in [4.78, 5) is 7.38. The number of hydrogen-bond donors (Lipinski definition) is 1. The Morgan fingerprint density at radius 2 is 2.29 bits per heavy atom. The van der Waals surface area contributed by atoms with Crippen molar-refractivity contribution in [3.05, 3.63) is 29.6 Å². The number of rotatable bonds is 0. The Labute approximate surface area is 81.4 Å². The van der Waals surface area contributed by atoms with Crippen LogP contribution in [0.2, 0.25) is 0 Å². The van der Waals surface area contributed by atoms with E-state index in [9.17, 15) is 0 Å². The summed E-state index contributed by atoms with van der Waals surface area (Å²) in [6, 6.07) is 7.41. The third-order valence-electron chi connectivity index (χ3n) is 1.86. The van der Waals surface area contributed by atoms with Gasteiger partial charge in [0.1, 0.15) is 5.82 Å². The highest BCUT2D eigenvalue weighted by molar-refractivity contribution is 5.76. The SMILES string of the molecule is Cc1nc2ccc(C#CC#N)cc2[nH]1. The van der Waals surface area contributed by atoms with Crippen LogP contribution in [0.5, 0.6) is 0 Å². The van der Waals surface area contributed by atoms with Crippen molar-refractivity contribution >= 4 is 11.0 Å². The van der Waals surface area contributed by atoms with E-state index >= 15 is 0 Å². The van der Waals surface area contributed by atoms with Crippen LogP contribution >= 0.6 is 0 Å². The van der Waals surface area contributed by atoms with Crippen molar-refractivity contribution < 1.29 is 0 Å². The number of hydrogen-bond acceptors (Lipinski definition) is 2. The predicted octanol–water partition coefficient (Wildman–Crippen LogP) is 1.75. The van der Waals surface area contributed by atoms with Gasteiger partial charge in [-0.05, 0) is 25.1 Å². The summed E-state index contributed by atoms with van der Waals surface area (Å²) >= 11 is 0. The topological polar surface area (TPSA) is 52.5 Å². The van der Waals surface area contributed by atoms with E-state index < -0.39 is 0 Å². The summed E-state index contributed by atoms with van der Waals surface area (Å²) in [5, 5.41) is 8.30. The molecule has 3 nitrogen and oxygen atoms in total. The summed E-state index contributed by atoms with van der Waals surface area (Å²) in [6.07, 6.45) is 0. The zero-order valence-electron chi connectivity index (χ0n) is 7.63. The maximum atomic E-state index is 8.30. The average molecular weight is 181 g/mol. The van der Waals surface area contributed by atoms with Gasteiger partial charge in [0, 0.05) is 11.5 Å². The van der Waals surface area contributed by atoms with Crippen LogP contribution in [0, 0.1) is 30.1 Å². The standard InChI is InChI=1S/C11H7N3/c1-8-13-10-5-4-9(3-2-6-12)7-11(10)14-8/h4-5,7H,1H3,(H,13,14). The molecule has 0 saturated carbocycles. The first-order valence-corrected chi connectivity index (χ1v) is 4.16. The minimum absolute atomic E-state index is 0.822. The van der Waals surface area contributed by atoms with Crippen LogP contribution in [-0.2, 0) is 0 Å². The van der Waals surface area contributed by atoms with Crippen molar-refractivity contribution in [3.8, 4) is 17.9 Å². The maximum Gasteiger partial charge on any atom is 0.152 e. The number of nitrogens with one attached hydrogen (secondary N) is 1. The number of aromatic amines is 1. The summed E-state index contributed by atoms with van der Waals surface area (Å²) in [5.74, 6) is 5.97. The van der Waals surface area contributed by atoms with E-state index in [0.717, 1.165) is 22.4 Å². The Balaban J connectivity index is 2.57. The molecule has 1 aromatic heterocycles. The Morgan fingerprint density at radius 1 is 1.43 bits per heavy atom. The molecule has 0 radical (unpaired) electrons. The normalized spacial score (nSPS) is 9.14. The molecule has 1 aromatic carbocycles. The van der Waals surface area contributed by atoms with E-state index in [0.29, 0.717) is 0 Å². The fourth-order valence-electron chi connectivity index (χ4n) is 1.32. The van der Waals surface area contributed by atoms with Gasteiger partial charge in [-0.15, -0.1) is 0 Å². The zero-order valence-corrected chi connectivity index (χ0v) is 7.63. The van der Waals surface area contributed by atoms with Crippen LogP contribution in [0.1, 0.15) is 11.4 Å². The van der Waals surface area contributed by atoms with Crippen molar-refractivity contribution in [2.24, 2.45) is 0 Å². The number of aryl methyl sites for hydroxylation is 1. The van der Waals surface area contributed by atoms with Gasteiger partial charge in [0.2, 0.25) is 0 Å². The summed E-state index contributed by atoms with van der Waals surface area (Å²) < 4.78 is 0. The molecule has 0 amide bonds. The number of benzene rings is 1. The van der Waals surface area contributed by atoms with Crippen molar-refractivity contribution in [3.63, 3.8) is 0 Å². The Hall–Kier alpha value is -2.26. The van der Waals surface area contributed by atoms with Gasteiger partial charge < -0.3 is 4.98 Å². The van der Waals surface area contributed by atoms with Crippen molar-refractivity contribution in [2.45, 2.75) is 6.92 Å². The molecule has 66 valence electrons. The number of nitriles is 1. The molecule has 0 aliphatic heterocycles. The lowest BCUT2D eigenvalue weighted by Gasteiger charge is -1.89. The highest BCUT2D eigenvalue weighted by Gasteiger charge is 1.98. The molecule has 0 aliphatic rings. The van der Waals surface area contributed by atoms with E-state index in [1.807, 2.05) is 25.1 Å². The lowest BCUT2D eigenvalue weighted by molar-refractivity contribution is 1.17. The van der Waals surface area contributed by atoms with Gasteiger partial charge >= 0.3 is 0 Å². The predicted molar refractivity (Wildman–Crippen MR) is 53.3 cm³/mol. The maximum absolute atomic E-state index is 8.30. The number of aromatic nitrogens is 2. The lowest BCUT2D eigenvalue weighted by atomic mass is 10.2. The highest BCUT2D eigenvalue weighted by atomic mass is 14.9. The van der Waals surface area contributed by atoms with Gasteiger partial charge in [0.05, 0.1) is 11.0 Å². The Bertz CT molecular complexity index is 576. The third-order valence-corrected chi connectivity index (χ3v) is 1.86. The summed E-state index contributed by atoms with van der Waals surface area (Å²) in [7, 11) is 0. The number of nitrogens with zero attached hydrogens (tertiary/aromatic N) is 2. The van der Waals surface area contributed by atoms with E-state index in [2.05, 4.69) is 21.8 Å². The number of fused-ring (bicyclic) bond motifs is 1. The van der Waals surface area contributed by atoms with Crippen LogP contribution in [0.15, 0.2) is 18.2 Å². The molecule has 2 rings (SSSR count). The van der Waals surface area contributed by atoms with Crippen LogP contribution in [0.4, 0.5) is 0 Å². The quantitative estimate of drug-likeness (QED) is 0.629. The van der Waals surface area contributed by atoms with Gasteiger partial charge in [0.15, 0.2) is 6.07 Å². The zero-order chi connectivity index (χ0) is 9.97. The molecule has 0 bridgehead atoms. The molecular formula is C11H7N3. The second-order valence-corrected chi connectivity index (χ2v) is 2.92. The minimum Gasteiger partial charge on any atom is -0.342 e. The van der Waals surface area contributed by atoms with E-state index in [-0.39, 0.29) is 0 Å². The van der Waals surface area contributed by atoms with Crippen LogP contribution in [0.25, 0.3) is 11.0 Å². The second-order valence-electron chi connectivity index (χ2n) is 2.92. The highest BCUT2D eigenvalue weighted by Crippen LogP contribution is 2.12. The largest absolute Gasteiger partial charge is 0.342 e. The number of H-pyrrole nitrogens is 1. The first-order chi connectivity index (χ1) is 6.79. The fourth-order valence-corrected chi connectivity index (χ4v) is 1.32. The monoisotopic (exact) mass is 181 g/mol.